The lowest BCUT2D eigenvalue weighted by Crippen LogP contribution is -2.14. The summed E-state index contributed by atoms with van der Waals surface area (Å²) in [7, 11) is 0. The number of hydrogen-bond acceptors (Lipinski definition) is 3. The van der Waals surface area contributed by atoms with Crippen LogP contribution in [-0.4, -0.2) is 12.7 Å². The number of nitrogens with one attached hydrogen (secondary N) is 2. The molecule has 2 aromatic carbocycles. The van der Waals surface area contributed by atoms with Gasteiger partial charge in [0.05, 0.1) is 12.3 Å². The number of anilines is 2. The Balaban J connectivity index is 1.97. The average Bonchev–Trinajstić information content (AvgIpc) is 2.49. The third-order valence-corrected chi connectivity index (χ3v) is 3.14. The van der Waals surface area contributed by atoms with E-state index in [9.17, 15) is 9.18 Å². The molecular formula is C16H16ClFN2O2. The highest BCUT2D eigenvalue weighted by Gasteiger charge is 2.08. The predicted octanol–water partition coefficient (Wildman–Crippen LogP) is 4.66. The third kappa shape index (κ3) is 4.63. The molecule has 0 aromatic heterocycles. The fourth-order valence-electron chi connectivity index (χ4n) is 1.82. The van der Waals surface area contributed by atoms with Crippen LogP contribution in [0.15, 0.2) is 42.5 Å². The highest BCUT2D eigenvalue weighted by atomic mass is 35.5. The Morgan fingerprint density at radius 2 is 1.95 bits per heavy atom. The molecule has 1 amide bonds. The van der Waals surface area contributed by atoms with E-state index in [1.807, 2.05) is 12.1 Å². The quantitative estimate of drug-likeness (QED) is 0.841. The van der Waals surface area contributed by atoms with Gasteiger partial charge in [-0.2, -0.15) is 0 Å². The molecule has 6 heteroatoms. The van der Waals surface area contributed by atoms with Gasteiger partial charge in [-0.25, -0.2) is 9.18 Å². The standard InChI is InChI=1S/C16H16ClFN2O2/c1-2-22-16(21)20-15-8-3-11(9-14(15)18)10-19-13-6-4-12(17)5-7-13/h3-9,19H,2,10H2,1H3,(H,20,21). The number of rotatable bonds is 5. The summed E-state index contributed by atoms with van der Waals surface area (Å²) in [5.41, 5.74) is 1.73. The highest BCUT2D eigenvalue weighted by molar-refractivity contribution is 6.30. The van der Waals surface area contributed by atoms with Gasteiger partial charge in [0.25, 0.3) is 0 Å². The van der Waals surface area contributed by atoms with Crippen molar-refractivity contribution in [1.29, 1.82) is 0 Å². The maximum atomic E-state index is 13.9. The van der Waals surface area contributed by atoms with Crippen LogP contribution in [0.4, 0.5) is 20.6 Å². The van der Waals surface area contributed by atoms with Gasteiger partial charge in [-0.05, 0) is 48.9 Å². The number of halogens is 2. The first-order valence-corrected chi connectivity index (χ1v) is 7.18. The zero-order valence-electron chi connectivity index (χ0n) is 12.0. The average molecular weight is 323 g/mol. The van der Waals surface area contributed by atoms with Crippen LogP contribution in [0.5, 0.6) is 0 Å². The van der Waals surface area contributed by atoms with Crippen molar-refractivity contribution in [3.05, 3.63) is 58.9 Å². The topological polar surface area (TPSA) is 50.4 Å². The number of carbonyl (C=O) groups excluding carboxylic acids is 1. The summed E-state index contributed by atoms with van der Waals surface area (Å²) in [5, 5.41) is 6.16. The Kier molecular flexibility index (Phi) is 5.61. The molecular weight excluding hydrogens is 307 g/mol. The lowest BCUT2D eigenvalue weighted by Gasteiger charge is -2.10. The summed E-state index contributed by atoms with van der Waals surface area (Å²) < 4.78 is 18.6. The van der Waals surface area contributed by atoms with E-state index in [1.165, 1.54) is 12.1 Å². The van der Waals surface area contributed by atoms with Gasteiger partial charge in [0.2, 0.25) is 0 Å². The van der Waals surface area contributed by atoms with Gasteiger partial charge in [0, 0.05) is 17.3 Å². The van der Waals surface area contributed by atoms with Gasteiger partial charge in [0.15, 0.2) is 0 Å². The molecule has 0 heterocycles. The van der Waals surface area contributed by atoms with E-state index in [0.717, 1.165) is 11.3 Å². The van der Waals surface area contributed by atoms with Crippen LogP contribution in [0.25, 0.3) is 0 Å². The van der Waals surface area contributed by atoms with Gasteiger partial charge in [-0.3, -0.25) is 5.32 Å². The van der Waals surface area contributed by atoms with Crippen LogP contribution in [-0.2, 0) is 11.3 Å². The summed E-state index contributed by atoms with van der Waals surface area (Å²) in [4.78, 5) is 11.3. The SMILES string of the molecule is CCOC(=O)Nc1ccc(CNc2ccc(Cl)cc2)cc1F. The zero-order valence-corrected chi connectivity index (χ0v) is 12.8. The molecule has 22 heavy (non-hydrogen) atoms. The minimum atomic E-state index is -0.673. The van der Waals surface area contributed by atoms with Crippen molar-refractivity contribution in [2.24, 2.45) is 0 Å². The van der Waals surface area contributed by atoms with Crippen molar-refractivity contribution in [3.8, 4) is 0 Å². The van der Waals surface area contributed by atoms with Crippen LogP contribution >= 0.6 is 11.6 Å². The van der Waals surface area contributed by atoms with Crippen molar-refractivity contribution in [2.75, 3.05) is 17.2 Å². The molecule has 0 aliphatic heterocycles. The Morgan fingerprint density at radius 3 is 2.59 bits per heavy atom. The molecule has 0 fully saturated rings. The summed E-state index contributed by atoms with van der Waals surface area (Å²) in [6.07, 6.45) is -0.673. The number of amides is 1. The Morgan fingerprint density at radius 1 is 1.23 bits per heavy atom. The molecule has 0 unspecified atom stereocenters. The number of ether oxygens (including phenoxy) is 1. The highest BCUT2D eigenvalue weighted by Crippen LogP contribution is 2.18. The van der Waals surface area contributed by atoms with Crippen molar-refractivity contribution in [1.82, 2.24) is 0 Å². The first kappa shape index (κ1) is 16.1. The van der Waals surface area contributed by atoms with Gasteiger partial charge in [-0.1, -0.05) is 17.7 Å². The van der Waals surface area contributed by atoms with Gasteiger partial charge >= 0.3 is 6.09 Å². The van der Waals surface area contributed by atoms with Crippen LogP contribution < -0.4 is 10.6 Å². The predicted molar refractivity (Wildman–Crippen MR) is 85.8 cm³/mol. The fraction of sp³-hybridized carbons (Fsp3) is 0.188. The van der Waals surface area contributed by atoms with Crippen molar-refractivity contribution >= 4 is 29.1 Å². The van der Waals surface area contributed by atoms with E-state index in [0.29, 0.717) is 11.6 Å². The monoisotopic (exact) mass is 322 g/mol. The minimum absolute atomic E-state index is 0.0914. The molecule has 0 bridgehead atoms. The summed E-state index contributed by atoms with van der Waals surface area (Å²) >= 11 is 5.81. The molecule has 0 atom stereocenters. The zero-order chi connectivity index (χ0) is 15.9. The molecule has 2 N–H and O–H groups in total. The molecule has 0 saturated heterocycles. The third-order valence-electron chi connectivity index (χ3n) is 2.89. The van der Waals surface area contributed by atoms with Crippen molar-refractivity contribution < 1.29 is 13.9 Å². The number of carbonyl (C=O) groups is 1. The molecule has 0 aliphatic rings. The Labute approximate surface area is 133 Å². The molecule has 2 rings (SSSR count). The van der Waals surface area contributed by atoms with Crippen molar-refractivity contribution in [3.63, 3.8) is 0 Å². The molecule has 0 aliphatic carbocycles. The van der Waals surface area contributed by atoms with Gasteiger partial charge < -0.3 is 10.1 Å². The van der Waals surface area contributed by atoms with E-state index in [-0.39, 0.29) is 12.3 Å². The summed E-state index contributed by atoms with van der Waals surface area (Å²) in [6, 6.07) is 11.8. The largest absolute Gasteiger partial charge is 0.450 e. The van der Waals surface area contributed by atoms with E-state index < -0.39 is 11.9 Å². The van der Waals surface area contributed by atoms with Gasteiger partial charge in [0.1, 0.15) is 5.82 Å². The number of hydrogen-bond donors (Lipinski definition) is 2. The summed E-state index contributed by atoms with van der Waals surface area (Å²) in [5.74, 6) is -0.511. The molecule has 0 saturated carbocycles. The molecule has 0 spiro atoms. The number of benzene rings is 2. The second kappa shape index (κ2) is 7.66. The first-order valence-electron chi connectivity index (χ1n) is 6.80. The maximum Gasteiger partial charge on any atom is 0.411 e. The molecule has 2 aromatic rings. The Bertz CT molecular complexity index is 647. The molecule has 116 valence electrons. The van der Waals surface area contributed by atoms with Crippen LogP contribution in [0.1, 0.15) is 12.5 Å². The maximum absolute atomic E-state index is 13.9. The fourth-order valence-corrected chi connectivity index (χ4v) is 1.94. The Hall–Kier alpha value is -2.27. The van der Waals surface area contributed by atoms with Gasteiger partial charge in [-0.15, -0.1) is 0 Å². The summed E-state index contributed by atoms with van der Waals surface area (Å²) in [6.45, 7) is 2.37. The lowest BCUT2D eigenvalue weighted by molar-refractivity contribution is 0.168. The smallest absolute Gasteiger partial charge is 0.411 e. The molecule has 0 radical (unpaired) electrons. The van der Waals surface area contributed by atoms with E-state index >= 15 is 0 Å². The van der Waals surface area contributed by atoms with E-state index in [2.05, 4.69) is 10.6 Å². The lowest BCUT2D eigenvalue weighted by atomic mass is 10.2. The normalized spacial score (nSPS) is 10.1. The van der Waals surface area contributed by atoms with E-state index in [1.54, 1.807) is 25.1 Å². The van der Waals surface area contributed by atoms with Crippen LogP contribution in [0.3, 0.4) is 0 Å². The van der Waals surface area contributed by atoms with E-state index in [4.69, 9.17) is 16.3 Å². The first-order chi connectivity index (χ1) is 10.6. The van der Waals surface area contributed by atoms with Crippen molar-refractivity contribution in [2.45, 2.75) is 13.5 Å². The second-order valence-electron chi connectivity index (χ2n) is 4.52. The second-order valence-corrected chi connectivity index (χ2v) is 4.96. The van der Waals surface area contributed by atoms with Crippen LogP contribution in [0.2, 0.25) is 5.02 Å². The molecule has 4 nitrogen and oxygen atoms in total. The minimum Gasteiger partial charge on any atom is -0.450 e. The van der Waals surface area contributed by atoms with Crippen LogP contribution in [0, 0.1) is 5.82 Å².